The van der Waals surface area contributed by atoms with Crippen molar-refractivity contribution in [3.63, 3.8) is 0 Å². The second-order valence-electron chi connectivity index (χ2n) is 6.28. The average molecular weight is 418 g/mol. The summed E-state index contributed by atoms with van der Waals surface area (Å²) < 4.78 is 25.4. The first-order valence-corrected chi connectivity index (χ1v) is 10.3. The third-order valence-electron chi connectivity index (χ3n) is 4.46. The van der Waals surface area contributed by atoms with Crippen molar-refractivity contribution in [1.82, 2.24) is 0 Å². The number of hydrogen-bond donors (Lipinski definition) is 0. The number of anilines is 1. The van der Waals surface area contributed by atoms with Gasteiger partial charge >= 0.3 is 0 Å². The zero-order chi connectivity index (χ0) is 20.3. The lowest BCUT2D eigenvalue weighted by atomic mass is 10.1. The van der Waals surface area contributed by atoms with Crippen LogP contribution in [-0.2, 0) is 9.84 Å². The molecule has 2 aromatic carbocycles. The summed E-state index contributed by atoms with van der Waals surface area (Å²) in [5.41, 5.74) is 0.652. The largest absolute Gasteiger partial charge is 0.366 e. The number of sulfone groups is 1. The van der Waals surface area contributed by atoms with E-state index in [2.05, 4.69) is 0 Å². The van der Waals surface area contributed by atoms with Crippen LogP contribution in [-0.4, -0.2) is 26.4 Å². The van der Waals surface area contributed by atoms with Crippen LogP contribution in [0.25, 0.3) is 6.08 Å². The zero-order valence-electron chi connectivity index (χ0n) is 14.7. The van der Waals surface area contributed by atoms with E-state index in [1.165, 1.54) is 30.3 Å². The van der Waals surface area contributed by atoms with Crippen LogP contribution in [0.5, 0.6) is 0 Å². The number of hydrogen-bond acceptors (Lipinski definition) is 6. The van der Waals surface area contributed by atoms with Gasteiger partial charge in [-0.05, 0) is 54.8 Å². The molecule has 1 aliphatic rings. The average Bonchev–Trinajstić information content (AvgIpc) is 3.20. The SMILES string of the molecule is N#C/C(=C\c1ccc(N2CCCC2)c([N+](=O)[O-])c1)S(=O)(=O)c1ccc(Cl)cc1. The van der Waals surface area contributed by atoms with Crippen molar-refractivity contribution in [3.8, 4) is 6.07 Å². The molecule has 3 rings (SSSR count). The van der Waals surface area contributed by atoms with E-state index in [1.54, 1.807) is 18.2 Å². The Labute approximate surface area is 167 Å². The standard InChI is InChI=1S/C19H16ClN3O4S/c20-15-4-6-16(7-5-15)28(26,27)17(13-21)11-14-3-8-18(19(12-14)23(24)25)22-9-1-2-10-22/h3-8,11-12H,1-2,9-10H2/b17-11+. The van der Waals surface area contributed by atoms with E-state index in [9.17, 15) is 23.8 Å². The van der Waals surface area contributed by atoms with Crippen molar-refractivity contribution in [2.75, 3.05) is 18.0 Å². The fraction of sp³-hybridized carbons (Fsp3) is 0.211. The minimum Gasteiger partial charge on any atom is -0.366 e. The summed E-state index contributed by atoms with van der Waals surface area (Å²) in [6.07, 6.45) is 3.08. The van der Waals surface area contributed by atoms with Crippen LogP contribution in [0, 0.1) is 21.4 Å². The highest BCUT2D eigenvalue weighted by molar-refractivity contribution is 7.95. The van der Waals surface area contributed by atoms with E-state index < -0.39 is 19.7 Å². The molecule has 1 saturated heterocycles. The Morgan fingerprint density at radius 2 is 1.82 bits per heavy atom. The molecule has 2 aromatic rings. The molecule has 0 unspecified atom stereocenters. The van der Waals surface area contributed by atoms with Gasteiger partial charge in [0.15, 0.2) is 0 Å². The molecule has 1 heterocycles. The molecule has 0 aliphatic carbocycles. The highest BCUT2D eigenvalue weighted by Crippen LogP contribution is 2.33. The highest BCUT2D eigenvalue weighted by atomic mass is 35.5. The highest BCUT2D eigenvalue weighted by Gasteiger charge is 2.24. The first-order chi connectivity index (χ1) is 13.3. The Morgan fingerprint density at radius 3 is 2.39 bits per heavy atom. The third-order valence-corrected chi connectivity index (χ3v) is 6.40. The molecule has 0 N–H and O–H groups in total. The molecular formula is C19H16ClN3O4S. The van der Waals surface area contributed by atoms with Gasteiger partial charge in [0.05, 0.1) is 9.82 Å². The van der Waals surface area contributed by atoms with E-state index >= 15 is 0 Å². The molecule has 0 atom stereocenters. The molecule has 9 heteroatoms. The van der Waals surface area contributed by atoms with Crippen LogP contribution in [0.3, 0.4) is 0 Å². The van der Waals surface area contributed by atoms with Gasteiger partial charge in [-0.25, -0.2) is 8.42 Å². The quantitative estimate of drug-likeness (QED) is 0.410. The summed E-state index contributed by atoms with van der Waals surface area (Å²) >= 11 is 5.78. The molecule has 0 aromatic heterocycles. The van der Waals surface area contributed by atoms with E-state index in [-0.39, 0.29) is 16.1 Å². The molecule has 1 fully saturated rings. The summed E-state index contributed by atoms with van der Waals surface area (Å²) in [4.78, 5) is 12.4. The predicted octanol–water partition coefficient (Wildman–Crippen LogP) is 4.19. The molecule has 7 nitrogen and oxygen atoms in total. The van der Waals surface area contributed by atoms with Gasteiger partial charge in [0.1, 0.15) is 16.7 Å². The number of nitro benzene ring substituents is 1. The fourth-order valence-electron chi connectivity index (χ4n) is 3.06. The van der Waals surface area contributed by atoms with Gasteiger partial charge < -0.3 is 4.90 Å². The van der Waals surface area contributed by atoms with Crippen LogP contribution in [0.1, 0.15) is 18.4 Å². The maximum absolute atomic E-state index is 12.7. The minimum atomic E-state index is -4.06. The summed E-state index contributed by atoms with van der Waals surface area (Å²) in [7, 11) is -4.06. The lowest BCUT2D eigenvalue weighted by Crippen LogP contribution is -2.18. The zero-order valence-corrected chi connectivity index (χ0v) is 16.3. The second-order valence-corrected chi connectivity index (χ2v) is 8.63. The fourth-order valence-corrected chi connectivity index (χ4v) is 4.35. The van der Waals surface area contributed by atoms with Gasteiger partial charge in [-0.2, -0.15) is 5.26 Å². The Kier molecular flexibility index (Phi) is 5.68. The molecule has 0 spiro atoms. The molecule has 1 aliphatic heterocycles. The van der Waals surface area contributed by atoms with E-state index in [0.29, 0.717) is 10.7 Å². The summed E-state index contributed by atoms with van der Waals surface area (Å²) in [5, 5.41) is 21.2. The number of halogens is 1. The van der Waals surface area contributed by atoms with Crippen molar-refractivity contribution in [2.24, 2.45) is 0 Å². The van der Waals surface area contributed by atoms with Crippen molar-refractivity contribution in [1.29, 1.82) is 5.26 Å². The number of rotatable bonds is 5. The molecule has 0 radical (unpaired) electrons. The lowest BCUT2D eigenvalue weighted by molar-refractivity contribution is -0.384. The van der Waals surface area contributed by atoms with Crippen LogP contribution in [0.2, 0.25) is 5.02 Å². The van der Waals surface area contributed by atoms with Gasteiger partial charge in [-0.1, -0.05) is 17.7 Å². The number of nitrogens with zero attached hydrogens (tertiary/aromatic N) is 3. The lowest BCUT2D eigenvalue weighted by Gasteiger charge is -2.17. The summed E-state index contributed by atoms with van der Waals surface area (Å²) in [6.45, 7) is 1.48. The molecule has 28 heavy (non-hydrogen) atoms. The minimum absolute atomic E-state index is 0.0760. The number of nitro groups is 1. The molecule has 0 saturated carbocycles. The van der Waals surface area contributed by atoms with Crippen molar-refractivity contribution >= 4 is 38.9 Å². The van der Waals surface area contributed by atoms with E-state index in [1.807, 2.05) is 4.90 Å². The Morgan fingerprint density at radius 1 is 1.18 bits per heavy atom. The summed E-state index contributed by atoms with van der Waals surface area (Å²) in [5.74, 6) is 0. The molecule has 0 bridgehead atoms. The van der Waals surface area contributed by atoms with Gasteiger partial charge in [0.2, 0.25) is 9.84 Å². The van der Waals surface area contributed by atoms with Gasteiger partial charge in [0, 0.05) is 24.2 Å². The normalized spacial score (nSPS) is 14.7. The number of nitriles is 1. The Bertz CT molecular complexity index is 1080. The van der Waals surface area contributed by atoms with Gasteiger partial charge in [-0.15, -0.1) is 0 Å². The smallest absolute Gasteiger partial charge is 0.293 e. The van der Waals surface area contributed by atoms with Crippen molar-refractivity contribution in [3.05, 3.63) is 68.1 Å². The van der Waals surface area contributed by atoms with Crippen molar-refractivity contribution < 1.29 is 13.3 Å². The first-order valence-electron chi connectivity index (χ1n) is 8.49. The predicted molar refractivity (Wildman–Crippen MR) is 107 cm³/mol. The van der Waals surface area contributed by atoms with Crippen LogP contribution in [0.4, 0.5) is 11.4 Å². The molecule has 0 amide bonds. The van der Waals surface area contributed by atoms with Crippen LogP contribution in [0.15, 0.2) is 52.3 Å². The number of benzene rings is 2. The van der Waals surface area contributed by atoms with E-state index in [4.69, 9.17) is 11.6 Å². The maximum Gasteiger partial charge on any atom is 0.293 e. The van der Waals surface area contributed by atoms with Crippen molar-refractivity contribution in [2.45, 2.75) is 17.7 Å². The summed E-state index contributed by atoms with van der Waals surface area (Å²) in [6, 6.07) is 11.6. The van der Waals surface area contributed by atoms with Gasteiger partial charge in [-0.3, -0.25) is 10.1 Å². The van der Waals surface area contributed by atoms with Crippen LogP contribution < -0.4 is 4.90 Å². The maximum atomic E-state index is 12.7. The molecular weight excluding hydrogens is 402 g/mol. The van der Waals surface area contributed by atoms with Gasteiger partial charge in [0.25, 0.3) is 5.69 Å². The topological polar surface area (TPSA) is 104 Å². The Hall–Kier alpha value is -2.89. The first kappa shape index (κ1) is 19.9. The molecule has 144 valence electrons. The third kappa shape index (κ3) is 4.01. The second kappa shape index (κ2) is 8.00. The Balaban J connectivity index is 2.03. The number of allylic oxidation sites excluding steroid dienone is 1. The monoisotopic (exact) mass is 417 g/mol. The van der Waals surface area contributed by atoms with E-state index in [0.717, 1.165) is 32.0 Å². The van der Waals surface area contributed by atoms with Crippen LogP contribution >= 0.6 is 11.6 Å².